The van der Waals surface area contributed by atoms with Crippen molar-refractivity contribution in [2.24, 2.45) is 5.10 Å². The second kappa shape index (κ2) is 9.85. The standard InChI is InChI=1S/C23H21N3O3/c1-29-20-14-12-17(13-15-20)16-24-26-23(28)21(18-8-4-2-5-9-18)25-22(27)19-10-6-3-7-11-19/h2-16,21H,1H3,(H,25,27)(H,26,28)/b24-16+. The molecule has 0 saturated heterocycles. The van der Waals surface area contributed by atoms with E-state index in [2.05, 4.69) is 15.8 Å². The molecular formula is C23H21N3O3. The molecule has 0 fully saturated rings. The number of nitrogens with one attached hydrogen (secondary N) is 2. The molecule has 146 valence electrons. The van der Waals surface area contributed by atoms with Crippen LogP contribution in [0.25, 0.3) is 0 Å². The van der Waals surface area contributed by atoms with E-state index in [0.717, 1.165) is 11.3 Å². The lowest BCUT2D eigenvalue weighted by Crippen LogP contribution is -2.38. The zero-order valence-corrected chi connectivity index (χ0v) is 15.9. The molecule has 0 aromatic heterocycles. The first kappa shape index (κ1) is 19.8. The Balaban J connectivity index is 1.72. The van der Waals surface area contributed by atoms with Crippen molar-refractivity contribution in [3.63, 3.8) is 0 Å². The van der Waals surface area contributed by atoms with Crippen LogP contribution >= 0.6 is 0 Å². The molecule has 2 N–H and O–H groups in total. The molecule has 1 atom stereocenters. The average Bonchev–Trinajstić information content (AvgIpc) is 2.79. The zero-order valence-electron chi connectivity index (χ0n) is 15.9. The quantitative estimate of drug-likeness (QED) is 0.482. The first-order valence-corrected chi connectivity index (χ1v) is 9.05. The minimum Gasteiger partial charge on any atom is -0.497 e. The molecular weight excluding hydrogens is 366 g/mol. The number of methoxy groups -OCH3 is 1. The van der Waals surface area contributed by atoms with Gasteiger partial charge in [0.25, 0.3) is 11.8 Å². The highest BCUT2D eigenvalue weighted by Crippen LogP contribution is 2.14. The van der Waals surface area contributed by atoms with E-state index in [1.165, 1.54) is 6.21 Å². The molecule has 6 heteroatoms. The highest BCUT2D eigenvalue weighted by atomic mass is 16.5. The third kappa shape index (κ3) is 5.52. The zero-order chi connectivity index (χ0) is 20.5. The lowest BCUT2D eigenvalue weighted by molar-refractivity contribution is -0.123. The first-order chi connectivity index (χ1) is 14.2. The summed E-state index contributed by atoms with van der Waals surface area (Å²) in [5.41, 5.74) is 4.44. The molecule has 3 rings (SSSR count). The molecule has 0 bridgehead atoms. The molecule has 6 nitrogen and oxygen atoms in total. The minimum absolute atomic E-state index is 0.339. The number of hydrazone groups is 1. The second-order valence-corrected chi connectivity index (χ2v) is 6.19. The topological polar surface area (TPSA) is 79.8 Å². The van der Waals surface area contributed by atoms with Gasteiger partial charge in [-0.15, -0.1) is 0 Å². The fraction of sp³-hybridized carbons (Fsp3) is 0.0870. The molecule has 1 unspecified atom stereocenters. The summed E-state index contributed by atoms with van der Waals surface area (Å²) in [6.45, 7) is 0. The number of amides is 2. The van der Waals surface area contributed by atoms with Crippen LogP contribution in [-0.4, -0.2) is 25.1 Å². The van der Waals surface area contributed by atoms with Crippen LogP contribution in [0.3, 0.4) is 0 Å². The van der Waals surface area contributed by atoms with Crippen molar-refractivity contribution in [1.82, 2.24) is 10.7 Å². The summed E-state index contributed by atoms with van der Waals surface area (Å²) < 4.78 is 5.11. The summed E-state index contributed by atoms with van der Waals surface area (Å²) in [6, 6.07) is 24.1. The van der Waals surface area contributed by atoms with Crippen LogP contribution in [0.1, 0.15) is 27.5 Å². The molecule has 0 heterocycles. The van der Waals surface area contributed by atoms with Gasteiger partial charge in [-0.1, -0.05) is 48.5 Å². The fourth-order valence-electron chi connectivity index (χ4n) is 2.67. The number of hydrogen-bond donors (Lipinski definition) is 2. The number of carbonyl (C=O) groups is 2. The van der Waals surface area contributed by atoms with E-state index in [9.17, 15) is 9.59 Å². The van der Waals surface area contributed by atoms with Gasteiger partial charge in [0.1, 0.15) is 11.8 Å². The molecule has 0 saturated carbocycles. The maximum absolute atomic E-state index is 12.7. The molecule has 0 spiro atoms. The van der Waals surface area contributed by atoms with Gasteiger partial charge in [0.2, 0.25) is 0 Å². The van der Waals surface area contributed by atoms with Gasteiger partial charge in [0, 0.05) is 5.56 Å². The number of rotatable bonds is 7. The van der Waals surface area contributed by atoms with Gasteiger partial charge in [-0.2, -0.15) is 5.10 Å². The molecule has 3 aromatic rings. The molecule has 29 heavy (non-hydrogen) atoms. The van der Waals surface area contributed by atoms with Crippen LogP contribution in [-0.2, 0) is 4.79 Å². The fourth-order valence-corrected chi connectivity index (χ4v) is 2.67. The van der Waals surface area contributed by atoms with Crippen LogP contribution in [0.4, 0.5) is 0 Å². The lowest BCUT2D eigenvalue weighted by Gasteiger charge is -2.17. The lowest BCUT2D eigenvalue weighted by atomic mass is 10.1. The van der Waals surface area contributed by atoms with Crippen molar-refractivity contribution < 1.29 is 14.3 Å². The van der Waals surface area contributed by atoms with E-state index in [-0.39, 0.29) is 5.91 Å². The Labute approximate surface area is 169 Å². The van der Waals surface area contributed by atoms with Crippen molar-refractivity contribution in [2.75, 3.05) is 7.11 Å². The number of ether oxygens (including phenoxy) is 1. The summed E-state index contributed by atoms with van der Waals surface area (Å²) in [4.78, 5) is 25.3. The van der Waals surface area contributed by atoms with Crippen molar-refractivity contribution in [3.8, 4) is 5.75 Å². The van der Waals surface area contributed by atoms with Crippen LogP contribution in [0, 0.1) is 0 Å². The number of benzene rings is 3. The normalized spacial score (nSPS) is 11.6. The largest absolute Gasteiger partial charge is 0.497 e. The van der Waals surface area contributed by atoms with E-state index >= 15 is 0 Å². The summed E-state index contributed by atoms with van der Waals surface area (Å²) in [6.07, 6.45) is 1.53. The van der Waals surface area contributed by atoms with Gasteiger partial charge >= 0.3 is 0 Å². The third-order valence-corrected chi connectivity index (χ3v) is 4.21. The Morgan fingerprint density at radius 2 is 1.52 bits per heavy atom. The first-order valence-electron chi connectivity index (χ1n) is 9.05. The molecule has 0 aliphatic rings. The van der Waals surface area contributed by atoms with Crippen LogP contribution in [0.15, 0.2) is 90.0 Å². The van der Waals surface area contributed by atoms with Gasteiger partial charge in [0.15, 0.2) is 0 Å². The van der Waals surface area contributed by atoms with Crippen LogP contribution in [0.2, 0.25) is 0 Å². The van der Waals surface area contributed by atoms with Gasteiger partial charge in [-0.05, 0) is 47.5 Å². The van der Waals surface area contributed by atoms with Gasteiger partial charge in [-0.3, -0.25) is 9.59 Å². The highest BCUT2D eigenvalue weighted by Gasteiger charge is 2.23. The van der Waals surface area contributed by atoms with Crippen molar-refractivity contribution >= 4 is 18.0 Å². The molecule has 2 amide bonds. The summed E-state index contributed by atoms with van der Waals surface area (Å²) >= 11 is 0. The minimum atomic E-state index is -0.878. The molecule has 0 aliphatic heterocycles. The Morgan fingerprint density at radius 1 is 0.897 bits per heavy atom. The van der Waals surface area contributed by atoms with Gasteiger partial charge in [-0.25, -0.2) is 5.43 Å². The van der Waals surface area contributed by atoms with E-state index in [1.807, 2.05) is 36.4 Å². The Kier molecular flexibility index (Phi) is 6.73. The predicted octanol–water partition coefficient (Wildman–Crippen LogP) is 3.32. The van der Waals surface area contributed by atoms with Gasteiger partial charge in [0.05, 0.1) is 13.3 Å². The van der Waals surface area contributed by atoms with Crippen molar-refractivity contribution in [2.45, 2.75) is 6.04 Å². The molecule has 0 aliphatic carbocycles. The molecule has 3 aromatic carbocycles. The van der Waals surface area contributed by atoms with E-state index in [0.29, 0.717) is 11.1 Å². The molecule has 0 radical (unpaired) electrons. The monoisotopic (exact) mass is 387 g/mol. The number of hydrogen-bond acceptors (Lipinski definition) is 4. The number of nitrogens with zero attached hydrogens (tertiary/aromatic N) is 1. The van der Waals surface area contributed by atoms with E-state index < -0.39 is 11.9 Å². The summed E-state index contributed by atoms with van der Waals surface area (Å²) in [5.74, 6) is -0.0436. The van der Waals surface area contributed by atoms with Crippen molar-refractivity contribution in [3.05, 3.63) is 102 Å². The Bertz CT molecular complexity index is 971. The van der Waals surface area contributed by atoms with Crippen LogP contribution in [0.5, 0.6) is 5.75 Å². The van der Waals surface area contributed by atoms with Crippen LogP contribution < -0.4 is 15.5 Å². The summed E-state index contributed by atoms with van der Waals surface area (Å²) in [5, 5.41) is 6.78. The summed E-state index contributed by atoms with van der Waals surface area (Å²) in [7, 11) is 1.59. The Morgan fingerprint density at radius 3 is 2.14 bits per heavy atom. The predicted molar refractivity (Wildman–Crippen MR) is 112 cm³/mol. The number of carbonyl (C=O) groups excluding carboxylic acids is 2. The van der Waals surface area contributed by atoms with Crippen molar-refractivity contribution in [1.29, 1.82) is 0 Å². The third-order valence-electron chi connectivity index (χ3n) is 4.21. The second-order valence-electron chi connectivity index (χ2n) is 6.19. The average molecular weight is 387 g/mol. The maximum Gasteiger partial charge on any atom is 0.267 e. The van der Waals surface area contributed by atoms with E-state index in [4.69, 9.17) is 4.74 Å². The highest BCUT2D eigenvalue weighted by molar-refractivity contribution is 5.98. The maximum atomic E-state index is 12.7. The SMILES string of the molecule is COc1ccc(/C=N/NC(=O)C(NC(=O)c2ccccc2)c2ccccc2)cc1. The smallest absolute Gasteiger partial charge is 0.267 e. The van der Waals surface area contributed by atoms with Gasteiger partial charge < -0.3 is 10.1 Å². The Hall–Kier alpha value is -3.93. The van der Waals surface area contributed by atoms with E-state index in [1.54, 1.807) is 55.6 Å².